The minimum absolute atomic E-state index is 0.0374. The van der Waals surface area contributed by atoms with Gasteiger partial charge < -0.3 is 24.5 Å². The van der Waals surface area contributed by atoms with Gasteiger partial charge in [-0.15, -0.1) is 11.8 Å². The molecule has 0 saturated carbocycles. The SMILES string of the molecule is [2H]C([2H])([2H])OCC([2H])([2H])N1C([2H])([2H])C([2H])([2H])C([2H])(N(Cc2ccc(-c3ccc(C(F)(F)F)cc3)cc2)C(=O)C([2H])([2H])N2C(SCc3cccc(F)c3F)=CC(O)c3ccccc32)C([2H])([2H])C1([2H])[2H]. The number of amides is 1. The fourth-order valence-corrected chi connectivity index (χ4v) is 6.26. The average Bonchev–Trinajstić information content (AvgIpc) is 3.23. The summed E-state index contributed by atoms with van der Waals surface area (Å²) in [5, 5.41) is 10.8. The van der Waals surface area contributed by atoms with Crippen molar-refractivity contribution in [3.05, 3.63) is 136 Å². The Bertz CT molecular complexity index is 2540. The molecule has 0 radical (unpaired) electrons. The van der Waals surface area contributed by atoms with Crippen LogP contribution >= 0.6 is 11.8 Å². The quantitative estimate of drug-likeness (QED) is 0.147. The Morgan fingerprint density at radius 2 is 1.71 bits per heavy atom. The zero-order chi connectivity index (χ0) is 51.0. The number of nitrogens with zero attached hydrogens (tertiary/aromatic N) is 3. The van der Waals surface area contributed by atoms with Gasteiger partial charge in [0.2, 0.25) is 5.91 Å². The van der Waals surface area contributed by atoms with Crippen molar-refractivity contribution in [3.8, 4) is 11.1 Å². The largest absolute Gasteiger partial charge is 0.416 e. The molecule has 2 heterocycles. The Labute approximate surface area is 327 Å². The number of hydrogen-bond acceptors (Lipinski definition) is 6. The van der Waals surface area contributed by atoms with Crippen molar-refractivity contribution in [2.45, 2.75) is 43.3 Å². The summed E-state index contributed by atoms with van der Waals surface area (Å²) in [6.07, 6.45) is -13.8. The van der Waals surface area contributed by atoms with Crippen molar-refractivity contribution < 1.29 is 58.5 Å². The van der Waals surface area contributed by atoms with Crippen LogP contribution < -0.4 is 4.90 Å². The molecule has 0 aliphatic carbocycles. The Morgan fingerprint density at radius 1 is 1.02 bits per heavy atom. The smallest absolute Gasteiger partial charge is 0.384 e. The number of methoxy groups -OCH3 is 1. The van der Waals surface area contributed by atoms with Crippen LogP contribution in [0.5, 0.6) is 0 Å². The van der Waals surface area contributed by atoms with Crippen LogP contribution in [0.15, 0.2) is 102 Å². The van der Waals surface area contributed by atoms with Crippen LogP contribution in [0.25, 0.3) is 11.1 Å². The molecule has 0 aromatic heterocycles. The molecular weight excluding hydrogens is 698 g/mol. The first-order chi connectivity index (χ1) is 31.1. The molecule has 4 aromatic rings. The highest BCUT2D eigenvalue weighted by Gasteiger charge is 2.33. The molecule has 274 valence electrons. The first kappa shape index (κ1) is 22.1. The molecule has 6 nitrogen and oxygen atoms in total. The van der Waals surface area contributed by atoms with Gasteiger partial charge in [0.05, 0.1) is 25.4 Å². The molecule has 4 aromatic carbocycles. The second kappa shape index (κ2) is 16.6. The number of carbonyl (C=O) groups is 1. The number of benzene rings is 4. The maximum Gasteiger partial charge on any atom is 0.416 e. The van der Waals surface area contributed by atoms with Gasteiger partial charge in [-0.25, -0.2) is 8.78 Å². The van der Waals surface area contributed by atoms with E-state index in [1.54, 1.807) is 0 Å². The van der Waals surface area contributed by atoms with Crippen molar-refractivity contribution in [2.75, 3.05) is 44.5 Å². The summed E-state index contributed by atoms with van der Waals surface area (Å²) in [6, 6.07) is 13.1. The summed E-state index contributed by atoms with van der Waals surface area (Å²) < 4.78 is 214. The Morgan fingerprint density at radius 3 is 2.40 bits per heavy atom. The Balaban J connectivity index is 1.53. The van der Waals surface area contributed by atoms with E-state index < -0.39 is 111 Å². The first-order valence-electron chi connectivity index (χ1n) is 23.4. The number of thioether (sulfide) groups is 1. The lowest BCUT2D eigenvalue weighted by Gasteiger charge is -2.40. The van der Waals surface area contributed by atoms with Crippen LogP contribution in [-0.4, -0.2) is 66.5 Å². The van der Waals surface area contributed by atoms with Gasteiger partial charge in [-0.1, -0.05) is 66.7 Å². The number of piperidine rings is 1. The minimum Gasteiger partial charge on any atom is -0.384 e. The van der Waals surface area contributed by atoms with Gasteiger partial charge in [0.15, 0.2) is 11.6 Å². The highest BCUT2D eigenvalue weighted by atomic mass is 32.2. The number of fused-ring (bicyclic) bond motifs is 1. The molecule has 0 bridgehead atoms. The van der Waals surface area contributed by atoms with Crippen molar-refractivity contribution in [2.24, 2.45) is 0 Å². The second-order valence-electron chi connectivity index (χ2n) is 11.2. The van der Waals surface area contributed by atoms with E-state index in [0.29, 0.717) is 16.7 Å². The summed E-state index contributed by atoms with van der Waals surface area (Å²) in [7, 11) is -3.38. The topological polar surface area (TPSA) is 56.2 Å². The number of ether oxygens (including phenoxy) is 1. The number of alkyl halides is 3. The lowest BCUT2D eigenvalue weighted by Crippen LogP contribution is -2.50. The number of halogens is 5. The second-order valence-corrected chi connectivity index (χ2v) is 12.2. The van der Waals surface area contributed by atoms with Crippen molar-refractivity contribution in [3.63, 3.8) is 0 Å². The lowest BCUT2D eigenvalue weighted by atomic mass is 9.99. The standard InChI is InChI=1S/C40H40F5N3O3S/c1-51-22-21-46-19-17-32(18-20-46)47(24-27-9-11-28(12-10-27)29-13-15-31(16-14-29)40(43,44)45)37(50)25-48-35-8-3-2-6-33(35)36(49)23-38(48)52-26-30-5-4-7-34(41)39(30)42/h2-16,23,32,36,49H,17-22,24-26H2,1H3/i1D3,17D2,18D2,19D2,20D2,21D2,25D2,32D. The molecule has 52 heavy (non-hydrogen) atoms. The zero-order valence-corrected chi connectivity index (χ0v) is 27.7. The number of rotatable bonds is 12. The Hall–Kier alpha value is -4.23. The van der Waals surface area contributed by atoms with E-state index in [0.717, 1.165) is 36.4 Å². The van der Waals surface area contributed by atoms with Crippen LogP contribution in [0.4, 0.5) is 27.6 Å². The molecule has 12 heteroatoms. The van der Waals surface area contributed by atoms with E-state index in [4.69, 9.17) is 12.3 Å². The fraction of sp³-hybridized carbons (Fsp3) is 0.325. The van der Waals surface area contributed by atoms with Gasteiger partial charge in [-0.3, -0.25) is 4.79 Å². The van der Waals surface area contributed by atoms with Crippen molar-refractivity contribution in [1.82, 2.24) is 9.80 Å². The normalized spacial score (nSPS) is 26.6. The molecular formula is C40H40F5N3O3S. The summed E-state index contributed by atoms with van der Waals surface area (Å²) >= 11 is 0.585. The molecule has 1 atom stereocenters. The maximum atomic E-state index is 15.4. The maximum absolute atomic E-state index is 15.4. The molecule has 1 fully saturated rings. The van der Waals surface area contributed by atoms with Crippen molar-refractivity contribution in [1.29, 1.82) is 0 Å². The summed E-state index contributed by atoms with van der Waals surface area (Å²) in [6.45, 7) is -18.9. The highest BCUT2D eigenvalue weighted by molar-refractivity contribution is 8.02. The number of likely N-dealkylation sites (tertiary alicyclic amines) is 1. The predicted molar refractivity (Wildman–Crippen MR) is 193 cm³/mol. The molecule has 2 aliphatic heterocycles. The monoisotopic (exact) mass is 753 g/mol. The zero-order valence-electron chi connectivity index (χ0n) is 42.8. The first-order valence-corrected chi connectivity index (χ1v) is 16.4. The number of aliphatic hydroxyl groups excluding tert-OH is 1. The van der Waals surface area contributed by atoms with Crippen LogP contribution in [0.1, 0.15) is 63.0 Å². The average molecular weight is 754 g/mol. The van der Waals surface area contributed by atoms with Gasteiger partial charge in [-0.2, -0.15) is 13.2 Å². The summed E-state index contributed by atoms with van der Waals surface area (Å²) in [5.41, 5.74) is -1.18. The molecule has 0 spiro atoms. The van der Waals surface area contributed by atoms with Crippen LogP contribution in [0.2, 0.25) is 0 Å². The van der Waals surface area contributed by atoms with Gasteiger partial charge in [0.25, 0.3) is 0 Å². The summed E-state index contributed by atoms with van der Waals surface area (Å²) in [4.78, 5) is 15.3. The van der Waals surface area contributed by atoms with Crippen LogP contribution in [0.3, 0.4) is 0 Å². The Kier molecular flexibility index (Phi) is 7.06. The molecule has 1 amide bonds. The number of carbonyl (C=O) groups excluding carboxylic acids is 1. The predicted octanol–water partition coefficient (Wildman–Crippen LogP) is 8.42. The van der Waals surface area contributed by atoms with Crippen molar-refractivity contribution >= 4 is 23.4 Å². The molecule has 1 N–H and O–H groups in total. The minimum atomic E-state index is -4.66. The van der Waals surface area contributed by atoms with Gasteiger partial charge in [0.1, 0.15) is 12.6 Å². The highest BCUT2D eigenvalue weighted by Crippen LogP contribution is 2.41. The van der Waals surface area contributed by atoms with Crippen LogP contribution in [-0.2, 0) is 28.0 Å². The van der Waals surface area contributed by atoms with E-state index >= 15 is 4.79 Å². The molecule has 1 unspecified atom stereocenters. The third kappa shape index (κ3) is 8.86. The summed E-state index contributed by atoms with van der Waals surface area (Å²) in [5.74, 6) is -5.01. The molecule has 6 rings (SSSR count). The van der Waals surface area contributed by atoms with Gasteiger partial charge in [0, 0.05) is 75.4 Å². The fourth-order valence-electron chi connectivity index (χ4n) is 5.23. The number of aliphatic hydroxyl groups is 1. The van der Waals surface area contributed by atoms with Crippen LogP contribution in [0, 0.1) is 11.6 Å². The van der Waals surface area contributed by atoms with E-state index in [1.807, 2.05) is 0 Å². The lowest BCUT2D eigenvalue weighted by molar-refractivity contribution is -0.137. The van der Waals surface area contributed by atoms with Gasteiger partial charge in [-0.05, 0) is 59.8 Å². The third-order valence-corrected chi connectivity index (χ3v) is 8.92. The molecule has 2 aliphatic rings. The molecule has 1 saturated heterocycles. The number of anilines is 1. The van der Waals surface area contributed by atoms with E-state index in [9.17, 15) is 36.7 Å². The van der Waals surface area contributed by atoms with Gasteiger partial charge >= 0.3 is 6.18 Å². The van der Waals surface area contributed by atoms with E-state index in [2.05, 4.69) is 4.74 Å². The number of para-hydroxylation sites is 1. The van der Waals surface area contributed by atoms with E-state index in [-0.39, 0.29) is 43.4 Å². The number of hydrogen-bond donors (Lipinski definition) is 1. The third-order valence-electron chi connectivity index (χ3n) is 7.85. The van der Waals surface area contributed by atoms with E-state index in [1.165, 1.54) is 60.7 Å².